The first kappa shape index (κ1) is 20.3. The van der Waals surface area contributed by atoms with Gasteiger partial charge in [0.15, 0.2) is 0 Å². The molecule has 0 rings (SSSR count). The Labute approximate surface area is 119 Å². The molecule has 0 bridgehead atoms. The van der Waals surface area contributed by atoms with Crippen molar-refractivity contribution in [2.24, 2.45) is 0 Å². The molecule has 18 heavy (non-hydrogen) atoms. The van der Waals surface area contributed by atoms with Crippen molar-refractivity contribution in [3.8, 4) is 0 Å². The maximum Gasteiger partial charge on any atom is 0.0814 e. The summed E-state index contributed by atoms with van der Waals surface area (Å²) in [6.07, 6.45) is 11.1. The van der Waals surface area contributed by atoms with Crippen LogP contribution in [-0.2, 0) is 0 Å². The minimum absolute atomic E-state index is 0. The lowest BCUT2D eigenvalue weighted by molar-refractivity contribution is -0.929. The normalized spacial score (nSPS) is 11.3. The fourth-order valence-corrected chi connectivity index (χ4v) is 2.64. The molecule has 110 valence electrons. The largest absolute Gasteiger partial charge is 0.324 e. The number of rotatable bonds is 12. The minimum atomic E-state index is 0. The molecule has 0 saturated carbocycles. The molecule has 0 aromatic carbocycles. The van der Waals surface area contributed by atoms with Gasteiger partial charge in [-0.05, 0) is 25.7 Å². The fourth-order valence-electron chi connectivity index (χ4n) is 2.64. The van der Waals surface area contributed by atoms with Gasteiger partial charge in [0.05, 0.1) is 34.6 Å². The molecule has 0 radical (unpaired) electrons. The van der Waals surface area contributed by atoms with Crippen LogP contribution in [0.4, 0.5) is 0 Å². The molecule has 0 saturated heterocycles. The Hall–Kier alpha value is 0.0249. The summed E-state index contributed by atoms with van der Waals surface area (Å²) < 4.78 is 1.42. The molecule has 0 N–H and O–H groups in total. The number of hydrogen-bond donors (Lipinski definition) is 0. The Balaban J connectivity index is 0. The lowest BCUT2D eigenvalue weighted by atomic mass is 10.1. The highest BCUT2D eigenvalue weighted by atomic mass is 15.3. The Morgan fingerprint density at radius 2 is 0.722 bits per heavy atom. The van der Waals surface area contributed by atoms with Crippen LogP contribution in [0.25, 0.3) is 0 Å². The first-order chi connectivity index (χ1) is 8.24. The quantitative estimate of drug-likeness (QED) is 0.368. The molecule has 0 heterocycles. The van der Waals surface area contributed by atoms with Gasteiger partial charge in [0.2, 0.25) is 0 Å². The summed E-state index contributed by atoms with van der Waals surface area (Å²) in [4.78, 5) is 0. The van der Waals surface area contributed by atoms with Gasteiger partial charge in [0.1, 0.15) is 0 Å². The molecular weight excluding hydrogens is 217 g/mol. The van der Waals surface area contributed by atoms with Crippen LogP contribution >= 0.6 is 0 Å². The van der Waals surface area contributed by atoms with Crippen molar-refractivity contribution in [1.82, 2.24) is 0 Å². The predicted octanol–water partition coefficient (Wildman–Crippen LogP) is 3.82. The van der Waals surface area contributed by atoms with Crippen LogP contribution in [0.3, 0.4) is 0 Å². The van der Waals surface area contributed by atoms with Gasteiger partial charge in [-0.3, -0.25) is 0 Å². The zero-order valence-corrected chi connectivity index (χ0v) is 12.9. The van der Waals surface area contributed by atoms with Crippen molar-refractivity contribution in [3.05, 3.63) is 0 Å². The second kappa shape index (κ2) is 13.5. The van der Waals surface area contributed by atoms with Gasteiger partial charge < -0.3 is 4.48 Å². The van der Waals surface area contributed by atoms with E-state index in [1.807, 2.05) is 0 Å². The van der Waals surface area contributed by atoms with Crippen LogP contribution in [0, 0.1) is 0 Å². The second-order valence-corrected chi connectivity index (χ2v) is 5.65. The highest BCUT2D eigenvalue weighted by molar-refractivity contribution is 5.75. The summed E-state index contributed by atoms with van der Waals surface area (Å²) in [5.41, 5.74) is 0. The fraction of sp³-hybridized carbons (Fsp3) is 1.00. The van der Waals surface area contributed by atoms with Gasteiger partial charge >= 0.3 is 0 Å². The standard InChI is InChI=1S/C16H36N.BH3/c1-5-9-13-17(14-10-6-2,15-11-7-3)16-12-8-4;/h5-16H2,1-4H3;1H3/q+1;. The molecule has 0 aromatic heterocycles. The van der Waals surface area contributed by atoms with Crippen molar-refractivity contribution < 1.29 is 4.48 Å². The van der Waals surface area contributed by atoms with E-state index in [9.17, 15) is 0 Å². The molecular formula is C16H39BN+. The number of quaternary nitrogens is 1. The Bertz CT molecular complexity index is 122. The van der Waals surface area contributed by atoms with Gasteiger partial charge in [0.25, 0.3) is 0 Å². The van der Waals surface area contributed by atoms with Crippen LogP contribution < -0.4 is 0 Å². The summed E-state index contributed by atoms with van der Waals surface area (Å²) in [6.45, 7) is 15.0. The zero-order valence-electron chi connectivity index (χ0n) is 12.9. The Morgan fingerprint density at radius 3 is 0.889 bits per heavy atom. The summed E-state index contributed by atoms with van der Waals surface area (Å²) in [6, 6.07) is 0. The molecule has 0 aliphatic carbocycles. The minimum Gasteiger partial charge on any atom is -0.324 e. The topological polar surface area (TPSA) is 0 Å². The van der Waals surface area contributed by atoms with Gasteiger partial charge in [-0.1, -0.05) is 53.4 Å². The van der Waals surface area contributed by atoms with Crippen molar-refractivity contribution >= 4 is 8.41 Å². The van der Waals surface area contributed by atoms with Gasteiger partial charge in [-0.15, -0.1) is 0 Å². The molecule has 0 spiro atoms. The molecule has 0 fully saturated rings. The molecule has 2 heteroatoms. The van der Waals surface area contributed by atoms with Crippen molar-refractivity contribution in [2.75, 3.05) is 26.2 Å². The van der Waals surface area contributed by atoms with E-state index in [1.165, 1.54) is 82.0 Å². The van der Waals surface area contributed by atoms with Crippen molar-refractivity contribution in [3.63, 3.8) is 0 Å². The number of nitrogens with zero attached hydrogens (tertiary/aromatic N) is 1. The van der Waals surface area contributed by atoms with Crippen LogP contribution in [0.15, 0.2) is 0 Å². The van der Waals surface area contributed by atoms with Gasteiger partial charge in [-0.25, -0.2) is 0 Å². The van der Waals surface area contributed by atoms with Crippen LogP contribution in [0.2, 0.25) is 0 Å². The monoisotopic (exact) mass is 256 g/mol. The molecule has 1 nitrogen and oxygen atoms in total. The van der Waals surface area contributed by atoms with E-state index in [4.69, 9.17) is 0 Å². The third-order valence-electron chi connectivity index (χ3n) is 3.94. The lowest BCUT2D eigenvalue weighted by Crippen LogP contribution is -2.50. The third kappa shape index (κ3) is 9.02. The summed E-state index contributed by atoms with van der Waals surface area (Å²) in [5.74, 6) is 0. The second-order valence-electron chi connectivity index (χ2n) is 5.65. The average molecular weight is 256 g/mol. The first-order valence-corrected chi connectivity index (χ1v) is 8.09. The van der Waals surface area contributed by atoms with Gasteiger partial charge in [0, 0.05) is 0 Å². The Kier molecular flexibility index (Phi) is 15.2. The number of unbranched alkanes of at least 4 members (excludes halogenated alkanes) is 4. The molecule has 0 aliphatic rings. The van der Waals surface area contributed by atoms with E-state index in [2.05, 4.69) is 27.7 Å². The predicted molar refractivity (Wildman–Crippen MR) is 89.3 cm³/mol. The van der Waals surface area contributed by atoms with E-state index in [1.54, 1.807) is 0 Å². The molecule has 0 amide bonds. The van der Waals surface area contributed by atoms with Crippen LogP contribution in [0.1, 0.15) is 79.1 Å². The maximum atomic E-state index is 2.33. The van der Waals surface area contributed by atoms with Gasteiger partial charge in [-0.2, -0.15) is 0 Å². The SMILES string of the molecule is B.CCCC[N+](CCCC)(CCCC)CCCC. The Morgan fingerprint density at radius 1 is 0.500 bits per heavy atom. The van der Waals surface area contributed by atoms with Crippen LogP contribution in [-0.4, -0.2) is 39.1 Å². The smallest absolute Gasteiger partial charge is 0.0814 e. The van der Waals surface area contributed by atoms with E-state index < -0.39 is 0 Å². The van der Waals surface area contributed by atoms with Crippen LogP contribution in [0.5, 0.6) is 0 Å². The highest BCUT2D eigenvalue weighted by Gasteiger charge is 2.24. The molecule has 0 aromatic rings. The van der Waals surface area contributed by atoms with E-state index >= 15 is 0 Å². The van der Waals surface area contributed by atoms with E-state index in [-0.39, 0.29) is 8.41 Å². The maximum absolute atomic E-state index is 2.33. The molecule has 0 unspecified atom stereocenters. The summed E-state index contributed by atoms with van der Waals surface area (Å²) in [5, 5.41) is 0. The molecule has 0 aliphatic heterocycles. The lowest BCUT2D eigenvalue weighted by Gasteiger charge is -2.39. The molecule has 0 atom stereocenters. The average Bonchev–Trinajstić information content (AvgIpc) is 2.37. The van der Waals surface area contributed by atoms with E-state index in [0.717, 1.165) is 0 Å². The summed E-state index contributed by atoms with van der Waals surface area (Å²) >= 11 is 0. The highest BCUT2D eigenvalue weighted by Crippen LogP contribution is 2.16. The first-order valence-electron chi connectivity index (χ1n) is 8.09. The summed E-state index contributed by atoms with van der Waals surface area (Å²) in [7, 11) is 0. The van der Waals surface area contributed by atoms with E-state index in [0.29, 0.717) is 0 Å². The van der Waals surface area contributed by atoms with Crippen molar-refractivity contribution in [1.29, 1.82) is 0 Å². The van der Waals surface area contributed by atoms with Crippen molar-refractivity contribution in [2.45, 2.75) is 79.1 Å². The number of hydrogen-bond acceptors (Lipinski definition) is 0. The third-order valence-corrected chi connectivity index (χ3v) is 3.94. The zero-order chi connectivity index (χ0) is 13.0.